The third kappa shape index (κ3) is 6.30. The first-order chi connectivity index (χ1) is 12.0. The van der Waals surface area contributed by atoms with Crippen LogP contribution >= 0.6 is 0 Å². The van der Waals surface area contributed by atoms with Gasteiger partial charge in [0.05, 0.1) is 0 Å². The van der Waals surface area contributed by atoms with Crippen LogP contribution in [0.2, 0.25) is 0 Å². The average Bonchev–Trinajstić information content (AvgIpc) is 2.58. The molecule has 2 aromatic carbocycles. The molecule has 0 bridgehead atoms. The molecule has 0 aliphatic rings. The van der Waals surface area contributed by atoms with Gasteiger partial charge in [0.25, 0.3) is 5.91 Å². The predicted molar refractivity (Wildman–Crippen MR) is 98.9 cm³/mol. The average molecular weight is 340 g/mol. The Morgan fingerprint density at radius 1 is 0.960 bits per heavy atom. The largest absolute Gasteiger partial charge is 0.484 e. The molecule has 0 unspecified atom stereocenters. The lowest BCUT2D eigenvalue weighted by atomic mass is 10.1. The summed E-state index contributed by atoms with van der Waals surface area (Å²) >= 11 is 0. The maximum absolute atomic E-state index is 12.0. The molecule has 0 aromatic heterocycles. The number of hydrogen-bond donors (Lipinski definition) is 2. The van der Waals surface area contributed by atoms with Gasteiger partial charge in [0.15, 0.2) is 6.61 Å². The molecule has 5 nitrogen and oxygen atoms in total. The molecule has 0 aliphatic carbocycles. The second-order valence-corrected chi connectivity index (χ2v) is 6.03. The number of carbonyl (C=O) groups is 2. The van der Waals surface area contributed by atoms with Crippen molar-refractivity contribution in [1.29, 1.82) is 0 Å². The molecule has 2 aromatic rings. The highest BCUT2D eigenvalue weighted by molar-refractivity contribution is 5.91. The summed E-state index contributed by atoms with van der Waals surface area (Å²) < 4.78 is 5.55. The van der Waals surface area contributed by atoms with Gasteiger partial charge in [-0.2, -0.15) is 0 Å². The molecule has 0 aliphatic heterocycles. The van der Waals surface area contributed by atoms with E-state index in [1.807, 2.05) is 50.2 Å². The van der Waals surface area contributed by atoms with E-state index in [1.54, 1.807) is 7.05 Å². The second-order valence-electron chi connectivity index (χ2n) is 6.03. The van der Waals surface area contributed by atoms with E-state index in [2.05, 4.69) is 16.7 Å². The van der Waals surface area contributed by atoms with Gasteiger partial charge in [0.1, 0.15) is 5.75 Å². The predicted octanol–water partition coefficient (Wildman–Crippen LogP) is 3.00. The van der Waals surface area contributed by atoms with Crippen LogP contribution in [0.5, 0.6) is 5.75 Å². The number of ether oxygens (including phenoxy) is 1. The van der Waals surface area contributed by atoms with Crippen LogP contribution in [-0.4, -0.2) is 25.5 Å². The van der Waals surface area contributed by atoms with Gasteiger partial charge in [-0.3, -0.25) is 9.59 Å². The quantitative estimate of drug-likeness (QED) is 0.814. The number of benzene rings is 2. The van der Waals surface area contributed by atoms with Crippen LogP contribution in [0.4, 0.5) is 5.69 Å². The van der Waals surface area contributed by atoms with Crippen molar-refractivity contribution in [3.63, 3.8) is 0 Å². The molecule has 2 rings (SSSR count). The summed E-state index contributed by atoms with van der Waals surface area (Å²) in [6, 6.07) is 13.3. The fraction of sp³-hybridized carbons (Fsp3) is 0.300. The van der Waals surface area contributed by atoms with Crippen molar-refractivity contribution in [2.45, 2.75) is 26.7 Å². The maximum Gasteiger partial charge on any atom is 0.262 e. The minimum absolute atomic E-state index is 0.0147. The van der Waals surface area contributed by atoms with E-state index >= 15 is 0 Å². The first-order valence-corrected chi connectivity index (χ1v) is 8.27. The Bertz CT molecular complexity index is 719. The maximum atomic E-state index is 12.0. The third-order valence-electron chi connectivity index (χ3n) is 3.72. The Balaban J connectivity index is 1.82. The zero-order chi connectivity index (χ0) is 18.2. The minimum Gasteiger partial charge on any atom is -0.484 e. The fourth-order valence-corrected chi connectivity index (χ4v) is 2.50. The number of carbonyl (C=O) groups excluding carboxylic acids is 2. The lowest BCUT2D eigenvalue weighted by Gasteiger charge is -2.09. The molecular formula is C20H24N2O3. The van der Waals surface area contributed by atoms with Gasteiger partial charge in [0.2, 0.25) is 5.91 Å². The first kappa shape index (κ1) is 18.5. The summed E-state index contributed by atoms with van der Waals surface area (Å²) in [5.41, 5.74) is 3.95. The van der Waals surface area contributed by atoms with Crippen molar-refractivity contribution < 1.29 is 14.3 Å². The lowest BCUT2D eigenvalue weighted by Crippen LogP contribution is -2.20. The highest BCUT2D eigenvalue weighted by atomic mass is 16.5. The van der Waals surface area contributed by atoms with E-state index in [4.69, 9.17) is 4.74 Å². The van der Waals surface area contributed by atoms with Gasteiger partial charge in [-0.1, -0.05) is 18.2 Å². The molecule has 5 heteroatoms. The Morgan fingerprint density at radius 3 is 2.20 bits per heavy atom. The highest BCUT2D eigenvalue weighted by Crippen LogP contribution is 2.16. The van der Waals surface area contributed by atoms with E-state index in [9.17, 15) is 9.59 Å². The van der Waals surface area contributed by atoms with Crippen molar-refractivity contribution in [2.24, 2.45) is 0 Å². The van der Waals surface area contributed by atoms with Gasteiger partial charge < -0.3 is 15.4 Å². The Kier molecular flexibility index (Phi) is 6.57. The van der Waals surface area contributed by atoms with Gasteiger partial charge in [-0.15, -0.1) is 0 Å². The molecule has 2 amide bonds. The topological polar surface area (TPSA) is 67.4 Å². The fourth-order valence-electron chi connectivity index (χ4n) is 2.50. The van der Waals surface area contributed by atoms with Gasteiger partial charge in [-0.25, -0.2) is 0 Å². The molecule has 0 saturated carbocycles. The van der Waals surface area contributed by atoms with Crippen LogP contribution in [0.3, 0.4) is 0 Å². The van der Waals surface area contributed by atoms with E-state index in [-0.39, 0.29) is 18.4 Å². The SMILES string of the molecule is CNC(=O)CCc1ccc(NC(=O)COc2cc(C)cc(C)c2)cc1. The summed E-state index contributed by atoms with van der Waals surface area (Å²) in [5.74, 6) is 0.496. The van der Waals surface area contributed by atoms with Crippen molar-refractivity contribution >= 4 is 17.5 Å². The molecule has 0 spiro atoms. The zero-order valence-electron chi connectivity index (χ0n) is 14.9. The number of nitrogens with one attached hydrogen (secondary N) is 2. The highest BCUT2D eigenvalue weighted by Gasteiger charge is 2.05. The third-order valence-corrected chi connectivity index (χ3v) is 3.72. The zero-order valence-corrected chi connectivity index (χ0v) is 14.9. The van der Waals surface area contributed by atoms with Crippen LogP contribution in [0.15, 0.2) is 42.5 Å². The summed E-state index contributed by atoms with van der Waals surface area (Å²) in [6.07, 6.45) is 1.12. The van der Waals surface area contributed by atoms with Crippen LogP contribution in [0.25, 0.3) is 0 Å². The summed E-state index contributed by atoms with van der Waals surface area (Å²) in [4.78, 5) is 23.3. The van der Waals surface area contributed by atoms with E-state index < -0.39 is 0 Å². The molecule has 0 saturated heterocycles. The first-order valence-electron chi connectivity index (χ1n) is 8.27. The monoisotopic (exact) mass is 340 g/mol. The summed E-state index contributed by atoms with van der Waals surface area (Å²) in [5, 5.41) is 5.40. The standard InChI is InChI=1S/C20H24N2O3/c1-14-10-15(2)12-18(11-14)25-13-20(24)22-17-7-4-16(5-8-17)6-9-19(23)21-3/h4-5,7-8,10-12H,6,9,13H2,1-3H3,(H,21,23)(H,22,24). The number of anilines is 1. The molecule has 2 N–H and O–H groups in total. The van der Waals surface area contributed by atoms with Gasteiger partial charge in [-0.05, 0) is 61.2 Å². The Hall–Kier alpha value is -2.82. The van der Waals surface area contributed by atoms with Crippen LogP contribution in [0.1, 0.15) is 23.1 Å². The van der Waals surface area contributed by atoms with E-state index in [1.165, 1.54) is 0 Å². The van der Waals surface area contributed by atoms with Crippen LogP contribution < -0.4 is 15.4 Å². The molecular weight excluding hydrogens is 316 g/mol. The van der Waals surface area contributed by atoms with Crippen molar-refractivity contribution in [1.82, 2.24) is 5.32 Å². The normalized spacial score (nSPS) is 10.2. The number of aryl methyl sites for hydroxylation is 3. The van der Waals surface area contributed by atoms with E-state index in [0.29, 0.717) is 24.3 Å². The van der Waals surface area contributed by atoms with E-state index in [0.717, 1.165) is 16.7 Å². The van der Waals surface area contributed by atoms with Crippen LogP contribution in [-0.2, 0) is 16.0 Å². The lowest BCUT2D eigenvalue weighted by molar-refractivity contribution is -0.120. The van der Waals surface area contributed by atoms with Gasteiger partial charge >= 0.3 is 0 Å². The number of amides is 2. The summed E-state index contributed by atoms with van der Waals surface area (Å²) in [7, 11) is 1.63. The summed E-state index contributed by atoms with van der Waals surface area (Å²) in [6.45, 7) is 3.94. The van der Waals surface area contributed by atoms with Crippen molar-refractivity contribution in [3.05, 3.63) is 59.2 Å². The minimum atomic E-state index is -0.211. The Morgan fingerprint density at radius 2 is 1.60 bits per heavy atom. The molecule has 132 valence electrons. The molecule has 0 radical (unpaired) electrons. The number of rotatable bonds is 7. The molecule has 0 fully saturated rings. The van der Waals surface area contributed by atoms with Crippen molar-refractivity contribution in [2.75, 3.05) is 19.0 Å². The molecule has 25 heavy (non-hydrogen) atoms. The second kappa shape index (κ2) is 8.87. The Labute approximate surface area is 148 Å². The molecule has 0 heterocycles. The van der Waals surface area contributed by atoms with Crippen molar-refractivity contribution in [3.8, 4) is 5.75 Å². The molecule has 0 atom stereocenters. The van der Waals surface area contributed by atoms with Crippen LogP contribution in [0, 0.1) is 13.8 Å². The number of hydrogen-bond acceptors (Lipinski definition) is 3. The smallest absolute Gasteiger partial charge is 0.262 e. The van der Waals surface area contributed by atoms with Gasteiger partial charge in [0, 0.05) is 19.2 Å².